The van der Waals surface area contributed by atoms with Gasteiger partial charge < -0.3 is 19.2 Å². The van der Waals surface area contributed by atoms with Crippen LogP contribution in [-0.4, -0.2) is 41.6 Å². The van der Waals surface area contributed by atoms with Crippen LogP contribution in [0.3, 0.4) is 0 Å². The molecule has 1 amide bonds. The van der Waals surface area contributed by atoms with Gasteiger partial charge in [0.05, 0.1) is 25.0 Å². The molecule has 25 heavy (non-hydrogen) atoms. The summed E-state index contributed by atoms with van der Waals surface area (Å²) in [5, 5.41) is 8.97. The van der Waals surface area contributed by atoms with Crippen LogP contribution < -0.4 is 0 Å². The molecule has 1 atom stereocenters. The lowest BCUT2D eigenvalue weighted by atomic mass is 10.1. The number of carbonyl (C=O) groups excluding carboxylic acids is 1. The largest absolute Gasteiger partial charge is 0.481 e. The summed E-state index contributed by atoms with van der Waals surface area (Å²) < 4.78 is 24.3. The minimum atomic E-state index is -1.07. The number of nitrogens with zero attached hydrogens (tertiary/aromatic N) is 1. The number of aryl methyl sites for hydroxylation is 1. The molecule has 1 aromatic heterocycles. The van der Waals surface area contributed by atoms with E-state index in [1.807, 2.05) is 0 Å². The summed E-state index contributed by atoms with van der Waals surface area (Å²) in [5.74, 6) is -1.59. The lowest BCUT2D eigenvalue weighted by Gasteiger charge is -2.33. The second-order valence-electron chi connectivity index (χ2n) is 5.95. The van der Waals surface area contributed by atoms with Gasteiger partial charge in [-0.3, -0.25) is 9.59 Å². The maximum absolute atomic E-state index is 13.4. The number of hydrogen-bond acceptors (Lipinski definition) is 4. The highest BCUT2D eigenvalue weighted by atomic mass is 19.1. The van der Waals surface area contributed by atoms with E-state index in [9.17, 15) is 14.0 Å². The first kappa shape index (κ1) is 17.2. The van der Waals surface area contributed by atoms with Gasteiger partial charge in [-0.15, -0.1) is 0 Å². The van der Waals surface area contributed by atoms with Crippen LogP contribution in [-0.2, 0) is 16.0 Å². The third-order valence-electron chi connectivity index (χ3n) is 4.15. The normalized spacial score (nSPS) is 17.5. The number of rotatable bonds is 4. The van der Waals surface area contributed by atoms with Crippen LogP contribution >= 0.6 is 0 Å². The van der Waals surface area contributed by atoms with Gasteiger partial charge in [-0.2, -0.15) is 0 Å². The number of carboxylic acids is 1. The minimum absolute atomic E-state index is 0.142. The van der Waals surface area contributed by atoms with Crippen molar-refractivity contribution in [2.24, 2.45) is 0 Å². The SMILES string of the molecule is Cc1coc(CC(=O)O)c1C(=O)N1CCOC(c2cccc(F)c2)C1. The zero-order chi connectivity index (χ0) is 18.0. The van der Waals surface area contributed by atoms with E-state index in [0.29, 0.717) is 24.3 Å². The van der Waals surface area contributed by atoms with Crippen molar-refractivity contribution in [3.05, 3.63) is 58.8 Å². The van der Waals surface area contributed by atoms with Gasteiger partial charge in [0.25, 0.3) is 5.91 Å². The molecule has 1 N–H and O–H groups in total. The summed E-state index contributed by atoms with van der Waals surface area (Å²) in [6.07, 6.45) is 0.603. The number of halogens is 1. The van der Waals surface area contributed by atoms with Crippen molar-refractivity contribution in [2.75, 3.05) is 19.7 Å². The predicted molar refractivity (Wildman–Crippen MR) is 85.8 cm³/mol. The summed E-state index contributed by atoms with van der Waals surface area (Å²) in [6, 6.07) is 6.08. The third-order valence-corrected chi connectivity index (χ3v) is 4.15. The van der Waals surface area contributed by atoms with Gasteiger partial charge in [0, 0.05) is 12.1 Å². The van der Waals surface area contributed by atoms with Gasteiger partial charge >= 0.3 is 5.97 Å². The van der Waals surface area contributed by atoms with Gasteiger partial charge in [0.15, 0.2) is 0 Å². The van der Waals surface area contributed by atoms with Gasteiger partial charge in [-0.1, -0.05) is 12.1 Å². The Bertz CT molecular complexity index is 801. The molecule has 1 unspecified atom stereocenters. The van der Waals surface area contributed by atoms with E-state index in [0.717, 1.165) is 0 Å². The molecule has 1 aliphatic rings. The molecule has 132 valence electrons. The van der Waals surface area contributed by atoms with E-state index in [-0.39, 0.29) is 36.0 Å². The standard InChI is InChI=1S/C18H18FNO5/c1-11-10-25-14(8-16(21)22)17(11)18(23)20-5-6-24-15(9-20)12-3-2-4-13(19)7-12/h2-4,7,10,15H,5-6,8-9H2,1H3,(H,21,22). The Labute approximate surface area is 143 Å². The van der Waals surface area contributed by atoms with Crippen LogP contribution in [0.25, 0.3) is 0 Å². The summed E-state index contributed by atoms with van der Waals surface area (Å²) in [7, 11) is 0. The van der Waals surface area contributed by atoms with Gasteiger partial charge in [0.1, 0.15) is 24.1 Å². The molecule has 2 heterocycles. The fourth-order valence-corrected chi connectivity index (χ4v) is 2.95. The molecule has 1 aliphatic heterocycles. The van der Waals surface area contributed by atoms with E-state index in [1.54, 1.807) is 24.0 Å². The molecule has 0 radical (unpaired) electrons. The number of carbonyl (C=O) groups is 2. The second kappa shape index (κ2) is 7.06. The maximum atomic E-state index is 13.4. The van der Waals surface area contributed by atoms with Crippen molar-refractivity contribution in [3.63, 3.8) is 0 Å². The fourth-order valence-electron chi connectivity index (χ4n) is 2.95. The number of amides is 1. The number of benzene rings is 1. The topological polar surface area (TPSA) is 80.0 Å². The molecule has 0 aliphatic carbocycles. The number of hydrogen-bond donors (Lipinski definition) is 1. The number of carboxylic acid groups (broad SMARTS) is 1. The first-order valence-electron chi connectivity index (χ1n) is 7.91. The lowest BCUT2D eigenvalue weighted by molar-refractivity contribution is -0.136. The molecule has 1 saturated heterocycles. The van der Waals surface area contributed by atoms with Crippen LogP contribution in [0.15, 0.2) is 34.9 Å². The Kier molecular flexibility index (Phi) is 4.85. The van der Waals surface area contributed by atoms with E-state index in [2.05, 4.69) is 0 Å². The number of ether oxygens (including phenoxy) is 1. The lowest BCUT2D eigenvalue weighted by Crippen LogP contribution is -2.42. The van der Waals surface area contributed by atoms with Gasteiger partial charge in [-0.25, -0.2) is 4.39 Å². The smallest absolute Gasteiger partial charge is 0.311 e. The van der Waals surface area contributed by atoms with Crippen molar-refractivity contribution < 1.29 is 28.2 Å². The monoisotopic (exact) mass is 347 g/mol. The van der Waals surface area contributed by atoms with Crippen LogP contribution in [0.5, 0.6) is 0 Å². The van der Waals surface area contributed by atoms with E-state index in [1.165, 1.54) is 18.4 Å². The molecule has 0 bridgehead atoms. The average molecular weight is 347 g/mol. The van der Waals surface area contributed by atoms with E-state index >= 15 is 0 Å². The van der Waals surface area contributed by atoms with Crippen molar-refractivity contribution in [2.45, 2.75) is 19.4 Å². The second-order valence-corrected chi connectivity index (χ2v) is 5.95. The summed E-state index contributed by atoms with van der Waals surface area (Å²) in [6.45, 7) is 2.66. The molecular formula is C18H18FNO5. The quantitative estimate of drug-likeness (QED) is 0.919. The maximum Gasteiger partial charge on any atom is 0.311 e. The molecule has 7 heteroatoms. The Balaban J connectivity index is 1.81. The molecule has 6 nitrogen and oxygen atoms in total. The highest BCUT2D eigenvalue weighted by Crippen LogP contribution is 2.26. The van der Waals surface area contributed by atoms with Crippen molar-refractivity contribution in [3.8, 4) is 0 Å². The molecule has 3 rings (SSSR count). The highest BCUT2D eigenvalue weighted by Gasteiger charge is 2.30. The average Bonchev–Trinajstić information content (AvgIpc) is 2.94. The number of morpholine rings is 1. The molecule has 1 fully saturated rings. The predicted octanol–water partition coefficient (Wildman–Crippen LogP) is 2.57. The van der Waals surface area contributed by atoms with Crippen LogP contribution in [0.4, 0.5) is 4.39 Å². The van der Waals surface area contributed by atoms with Crippen LogP contribution in [0.1, 0.15) is 33.3 Å². The summed E-state index contributed by atoms with van der Waals surface area (Å²) in [4.78, 5) is 25.4. The Morgan fingerprint density at radius 2 is 2.20 bits per heavy atom. The van der Waals surface area contributed by atoms with Crippen molar-refractivity contribution in [1.29, 1.82) is 0 Å². The van der Waals surface area contributed by atoms with Gasteiger partial charge in [-0.05, 0) is 24.6 Å². The highest BCUT2D eigenvalue weighted by molar-refractivity contribution is 5.97. The third kappa shape index (κ3) is 3.71. The summed E-state index contributed by atoms with van der Waals surface area (Å²) in [5.41, 5.74) is 1.53. The fraction of sp³-hybridized carbons (Fsp3) is 0.333. The number of furan rings is 1. The summed E-state index contributed by atoms with van der Waals surface area (Å²) >= 11 is 0. The van der Waals surface area contributed by atoms with Crippen LogP contribution in [0.2, 0.25) is 0 Å². The Morgan fingerprint density at radius 1 is 1.40 bits per heavy atom. The van der Waals surface area contributed by atoms with Crippen molar-refractivity contribution >= 4 is 11.9 Å². The molecule has 0 saturated carbocycles. The molecule has 0 spiro atoms. The van der Waals surface area contributed by atoms with E-state index in [4.69, 9.17) is 14.3 Å². The molecular weight excluding hydrogens is 329 g/mol. The Hall–Kier alpha value is -2.67. The van der Waals surface area contributed by atoms with E-state index < -0.39 is 12.1 Å². The first-order valence-corrected chi connectivity index (χ1v) is 7.91. The molecule has 2 aromatic rings. The number of aliphatic carboxylic acids is 1. The Morgan fingerprint density at radius 3 is 2.92 bits per heavy atom. The zero-order valence-electron chi connectivity index (χ0n) is 13.7. The first-order chi connectivity index (χ1) is 12.0. The van der Waals surface area contributed by atoms with Gasteiger partial charge in [0.2, 0.25) is 0 Å². The van der Waals surface area contributed by atoms with Crippen molar-refractivity contribution in [1.82, 2.24) is 4.90 Å². The zero-order valence-corrected chi connectivity index (χ0v) is 13.7. The minimum Gasteiger partial charge on any atom is -0.481 e. The molecule has 1 aromatic carbocycles. The van der Waals surface area contributed by atoms with Crippen LogP contribution in [0, 0.1) is 12.7 Å².